The van der Waals surface area contributed by atoms with Crippen LogP contribution < -0.4 is 5.69 Å². The van der Waals surface area contributed by atoms with Gasteiger partial charge in [-0.25, -0.2) is 22.2 Å². The van der Waals surface area contributed by atoms with E-state index in [9.17, 15) is 22.4 Å². The summed E-state index contributed by atoms with van der Waals surface area (Å²) in [5, 5.41) is 0.343. The van der Waals surface area contributed by atoms with Crippen molar-refractivity contribution in [3.63, 3.8) is 0 Å². The van der Waals surface area contributed by atoms with E-state index in [1.807, 2.05) is 0 Å². The average molecular weight is 381 g/mol. The van der Waals surface area contributed by atoms with Crippen LogP contribution in [0.4, 0.5) is 4.39 Å². The van der Waals surface area contributed by atoms with Crippen molar-refractivity contribution < 1.29 is 17.6 Å². The molecule has 1 aromatic heterocycles. The summed E-state index contributed by atoms with van der Waals surface area (Å²) in [5.41, 5.74) is -1.01. The lowest BCUT2D eigenvalue weighted by Crippen LogP contribution is -2.32. The Morgan fingerprint density at radius 1 is 0.960 bits per heavy atom. The van der Waals surface area contributed by atoms with Crippen molar-refractivity contribution in [1.82, 2.24) is 8.54 Å². The fourth-order valence-corrected chi connectivity index (χ4v) is 3.49. The second-order valence-corrected chi connectivity index (χ2v) is 7.27. The Balaban J connectivity index is 2.04. The Bertz CT molecular complexity index is 1100. The van der Waals surface area contributed by atoms with Crippen molar-refractivity contribution in [2.24, 2.45) is 0 Å². The quantitative estimate of drug-likeness (QED) is 0.698. The number of halogens is 2. The molecule has 0 spiro atoms. The van der Waals surface area contributed by atoms with E-state index in [1.54, 1.807) is 0 Å². The Hall–Kier alpha value is -2.71. The minimum atomic E-state index is -4.18. The number of hydrogen-bond donors (Lipinski definition) is 0. The van der Waals surface area contributed by atoms with Gasteiger partial charge >= 0.3 is 5.69 Å². The Labute approximate surface area is 146 Å². The number of aromatic nitrogens is 2. The number of hydrogen-bond acceptors (Lipinski definition) is 4. The molecule has 0 amide bonds. The van der Waals surface area contributed by atoms with E-state index >= 15 is 0 Å². The van der Waals surface area contributed by atoms with Crippen molar-refractivity contribution >= 4 is 27.5 Å². The highest BCUT2D eigenvalue weighted by atomic mass is 35.5. The molecule has 25 heavy (non-hydrogen) atoms. The van der Waals surface area contributed by atoms with Crippen LogP contribution in [0.2, 0.25) is 5.02 Å². The van der Waals surface area contributed by atoms with Gasteiger partial charge in [0.05, 0.1) is 4.90 Å². The summed E-state index contributed by atoms with van der Waals surface area (Å²) >= 11 is 5.72. The second-order valence-electron chi connectivity index (χ2n) is 5.02. The molecule has 9 heteroatoms. The minimum Gasteiger partial charge on any atom is -0.268 e. The molecule has 0 aliphatic heterocycles. The number of nitrogens with zero attached hydrogens (tertiary/aromatic N) is 2. The zero-order chi connectivity index (χ0) is 18.2. The topological polar surface area (TPSA) is 78.1 Å². The van der Waals surface area contributed by atoms with Gasteiger partial charge in [-0.2, -0.15) is 3.97 Å². The van der Waals surface area contributed by atoms with Crippen LogP contribution >= 0.6 is 11.6 Å². The maximum Gasteiger partial charge on any atom is 0.349 e. The summed E-state index contributed by atoms with van der Waals surface area (Å²) in [6, 6.07) is 9.80. The molecule has 0 saturated heterocycles. The van der Waals surface area contributed by atoms with Gasteiger partial charge in [0.1, 0.15) is 5.82 Å². The van der Waals surface area contributed by atoms with Gasteiger partial charge in [-0.15, -0.1) is 0 Å². The third-order valence-corrected chi connectivity index (χ3v) is 5.34. The zero-order valence-electron chi connectivity index (χ0n) is 12.5. The van der Waals surface area contributed by atoms with E-state index in [0.717, 1.165) is 24.5 Å². The van der Waals surface area contributed by atoms with Crippen molar-refractivity contribution in [2.45, 2.75) is 4.90 Å². The number of benzene rings is 2. The maximum absolute atomic E-state index is 12.9. The molecule has 0 aliphatic rings. The molecule has 0 N–H and O–H groups in total. The van der Waals surface area contributed by atoms with Crippen LogP contribution in [0.25, 0.3) is 0 Å². The summed E-state index contributed by atoms with van der Waals surface area (Å²) in [7, 11) is -4.18. The van der Waals surface area contributed by atoms with Crippen LogP contribution in [-0.2, 0) is 10.0 Å². The molecule has 0 atom stereocenters. The molecule has 1 heterocycles. The average Bonchev–Trinajstić information content (AvgIpc) is 2.97. The predicted molar refractivity (Wildman–Crippen MR) is 88.9 cm³/mol. The van der Waals surface area contributed by atoms with E-state index in [0.29, 0.717) is 13.6 Å². The van der Waals surface area contributed by atoms with Crippen LogP contribution in [0.1, 0.15) is 10.4 Å². The molecule has 0 saturated carbocycles. The lowest BCUT2D eigenvalue weighted by atomic mass is 10.2. The molecule has 0 aliphatic carbocycles. The first-order valence-electron chi connectivity index (χ1n) is 6.92. The van der Waals surface area contributed by atoms with Crippen LogP contribution in [0.5, 0.6) is 0 Å². The van der Waals surface area contributed by atoms with Gasteiger partial charge in [0, 0.05) is 23.0 Å². The van der Waals surface area contributed by atoms with Gasteiger partial charge in [0.2, 0.25) is 0 Å². The largest absolute Gasteiger partial charge is 0.349 e. The van der Waals surface area contributed by atoms with Crippen LogP contribution in [-0.4, -0.2) is 22.9 Å². The number of rotatable bonds is 3. The summed E-state index contributed by atoms with van der Waals surface area (Å²) in [6.07, 6.45) is 2.02. The summed E-state index contributed by atoms with van der Waals surface area (Å²) < 4.78 is 39.1. The molecule has 0 unspecified atom stereocenters. The summed E-state index contributed by atoms with van der Waals surface area (Å²) in [4.78, 5) is 24.5. The minimum absolute atomic E-state index is 0.0464. The monoisotopic (exact) mass is 380 g/mol. The summed E-state index contributed by atoms with van der Waals surface area (Å²) in [6.45, 7) is 0. The molecule has 128 valence electrons. The van der Waals surface area contributed by atoms with E-state index in [1.165, 1.54) is 36.4 Å². The number of carbonyl (C=O) groups excluding carboxylic acids is 1. The standard InChI is InChI=1S/C16H10ClFN2O4S/c17-12-3-7-14(8-4-12)25(23,24)20-10-9-19(16(20)22)15(21)11-1-5-13(18)6-2-11/h1-10H. The molecule has 0 bridgehead atoms. The van der Waals surface area contributed by atoms with E-state index in [-0.39, 0.29) is 10.5 Å². The lowest BCUT2D eigenvalue weighted by Gasteiger charge is -2.04. The van der Waals surface area contributed by atoms with Gasteiger partial charge in [-0.1, -0.05) is 11.6 Å². The van der Waals surface area contributed by atoms with E-state index in [4.69, 9.17) is 11.6 Å². The van der Waals surface area contributed by atoms with Gasteiger partial charge in [-0.05, 0) is 48.5 Å². The molecule has 3 aromatic rings. The smallest absolute Gasteiger partial charge is 0.268 e. The van der Waals surface area contributed by atoms with Crippen molar-refractivity contribution in [3.05, 3.63) is 87.8 Å². The second kappa shape index (κ2) is 6.30. The van der Waals surface area contributed by atoms with Gasteiger partial charge in [0.15, 0.2) is 0 Å². The zero-order valence-corrected chi connectivity index (χ0v) is 14.0. The van der Waals surface area contributed by atoms with E-state index < -0.39 is 27.4 Å². The fourth-order valence-electron chi connectivity index (χ4n) is 2.15. The van der Waals surface area contributed by atoms with Crippen molar-refractivity contribution in [3.8, 4) is 0 Å². The van der Waals surface area contributed by atoms with Crippen LogP contribution in [0.15, 0.2) is 70.6 Å². The first kappa shape index (κ1) is 17.1. The molecule has 6 nitrogen and oxygen atoms in total. The molecule has 3 rings (SSSR count). The molecule has 0 fully saturated rings. The first-order valence-corrected chi connectivity index (χ1v) is 8.74. The van der Waals surface area contributed by atoms with Gasteiger partial charge < -0.3 is 0 Å². The van der Waals surface area contributed by atoms with Crippen LogP contribution in [0, 0.1) is 5.82 Å². The Morgan fingerprint density at radius 3 is 2.16 bits per heavy atom. The summed E-state index contributed by atoms with van der Waals surface area (Å²) in [5.74, 6) is -1.30. The van der Waals surface area contributed by atoms with E-state index in [2.05, 4.69) is 0 Å². The first-order chi connectivity index (χ1) is 11.8. The molecular weight excluding hydrogens is 371 g/mol. The highest BCUT2D eigenvalue weighted by molar-refractivity contribution is 7.90. The highest BCUT2D eigenvalue weighted by Gasteiger charge is 2.22. The van der Waals surface area contributed by atoms with Gasteiger partial charge in [0.25, 0.3) is 15.9 Å². The fraction of sp³-hybridized carbons (Fsp3) is 0. The van der Waals surface area contributed by atoms with Crippen molar-refractivity contribution in [2.75, 3.05) is 0 Å². The normalized spacial score (nSPS) is 11.4. The molecule has 0 radical (unpaired) electrons. The van der Waals surface area contributed by atoms with Gasteiger partial charge in [-0.3, -0.25) is 4.79 Å². The SMILES string of the molecule is O=C(c1ccc(F)cc1)n1ccn(S(=O)(=O)c2ccc(Cl)cc2)c1=O. The maximum atomic E-state index is 12.9. The Morgan fingerprint density at radius 2 is 1.56 bits per heavy atom. The highest BCUT2D eigenvalue weighted by Crippen LogP contribution is 2.16. The number of imidazole rings is 1. The third kappa shape index (κ3) is 3.13. The van der Waals surface area contributed by atoms with Crippen molar-refractivity contribution in [1.29, 1.82) is 0 Å². The third-order valence-electron chi connectivity index (χ3n) is 3.43. The predicted octanol–water partition coefficient (Wildman–Crippen LogP) is 2.37. The number of carbonyl (C=O) groups is 1. The Kier molecular flexibility index (Phi) is 4.32. The van der Waals surface area contributed by atoms with Crippen LogP contribution in [0.3, 0.4) is 0 Å². The molecular formula is C16H10ClFN2O4S. The lowest BCUT2D eigenvalue weighted by molar-refractivity contribution is 0.0956. The molecule has 2 aromatic carbocycles.